The molecule has 0 spiro atoms. The first-order valence-electron chi connectivity index (χ1n) is 11.7. The minimum atomic E-state index is -4.51. The monoisotopic (exact) mass is 503 g/mol. The molecule has 36 heavy (non-hydrogen) atoms. The Hall–Kier alpha value is -3.33. The number of rotatable bonds is 6. The minimum Gasteiger partial charge on any atom is -0.454 e. The lowest BCUT2D eigenvalue weighted by Crippen LogP contribution is -2.47. The van der Waals surface area contributed by atoms with Crippen LogP contribution in [0.2, 0.25) is 0 Å². The smallest absolute Gasteiger partial charge is 0.416 e. The van der Waals surface area contributed by atoms with Gasteiger partial charge in [-0.25, -0.2) is 9.38 Å². The summed E-state index contributed by atoms with van der Waals surface area (Å²) in [4.78, 5) is 8.80. The van der Waals surface area contributed by atoms with Crippen molar-refractivity contribution in [3.8, 4) is 11.5 Å². The third-order valence-corrected chi connectivity index (χ3v) is 6.37. The highest BCUT2D eigenvalue weighted by Crippen LogP contribution is 2.36. The highest BCUT2D eigenvalue weighted by molar-refractivity contribution is 5.97. The van der Waals surface area contributed by atoms with Crippen molar-refractivity contribution in [2.24, 2.45) is 4.99 Å². The molecule has 5 nitrogen and oxygen atoms in total. The molecule has 2 aromatic rings. The van der Waals surface area contributed by atoms with Gasteiger partial charge in [0.2, 0.25) is 0 Å². The van der Waals surface area contributed by atoms with Gasteiger partial charge in [-0.1, -0.05) is 18.7 Å². The van der Waals surface area contributed by atoms with E-state index in [1.807, 2.05) is 18.0 Å². The summed E-state index contributed by atoms with van der Waals surface area (Å²) >= 11 is 0. The number of hydrogen-bond acceptors (Lipinski definition) is 5. The zero-order chi connectivity index (χ0) is 26.0. The van der Waals surface area contributed by atoms with Crippen LogP contribution < -0.4 is 4.74 Å². The first-order valence-corrected chi connectivity index (χ1v) is 11.7. The Kier molecular flexibility index (Phi) is 7.40. The molecule has 0 amide bonds. The summed E-state index contributed by atoms with van der Waals surface area (Å²) in [7, 11) is 1.93. The quantitative estimate of drug-likeness (QED) is 0.434. The maximum absolute atomic E-state index is 14.7. The van der Waals surface area contributed by atoms with Crippen LogP contribution in [0.1, 0.15) is 30.0 Å². The predicted octanol–water partition coefficient (Wildman–Crippen LogP) is 6.30. The van der Waals surface area contributed by atoms with Crippen molar-refractivity contribution >= 4 is 5.71 Å². The molecular weight excluding hydrogens is 474 g/mol. The molecule has 0 saturated carbocycles. The fraction of sp³-hybridized carbons (Fsp3) is 0.370. The Balaban J connectivity index is 1.45. The van der Waals surface area contributed by atoms with Crippen LogP contribution in [0.5, 0.6) is 11.5 Å². The van der Waals surface area contributed by atoms with E-state index in [1.165, 1.54) is 31.2 Å². The normalized spacial score (nSPS) is 18.8. The van der Waals surface area contributed by atoms with Crippen LogP contribution in [-0.4, -0.2) is 48.4 Å². The molecule has 2 aromatic carbocycles. The van der Waals surface area contributed by atoms with E-state index in [2.05, 4.69) is 23.4 Å². The van der Waals surface area contributed by atoms with Crippen molar-refractivity contribution in [2.75, 3.05) is 26.8 Å². The topological polar surface area (TPSA) is 37.3 Å². The van der Waals surface area contributed by atoms with Crippen molar-refractivity contribution in [3.63, 3.8) is 0 Å². The van der Waals surface area contributed by atoms with Gasteiger partial charge < -0.3 is 19.3 Å². The fourth-order valence-corrected chi connectivity index (χ4v) is 4.27. The van der Waals surface area contributed by atoms with Crippen molar-refractivity contribution in [3.05, 3.63) is 83.2 Å². The Bertz CT molecular complexity index is 1210. The summed E-state index contributed by atoms with van der Waals surface area (Å²) in [5.41, 5.74) is 0.829. The van der Waals surface area contributed by atoms with Crippen LogP contribution >= 0.6 is 0 Å². The molecule has 1 unspecified atom stereocenters. The Morgan fingerprint density at radius 1 is 1.17 bits per heavy atom. The van der Waals surface area contributed by atoms with E-state index in [-0.39, 0.29) is 23.1 Å². The average Bonchev–Trinajstić information content (AvgIpc) is 2.82. The van der Waals surface area contributed by atoms with Crippen LogP contribution in [0.3, 0.4) is 0 Å². The standard InChI is InChI=1S/C27H29F4N3O2/c1-17-5-9-22(15-23(17)27(29,30)31)36-25-10-7-20(13-24(25)28)6-8-21-14-26(33(4)19(3)32-21)34-11-12-35-16-18(34)2/h5,7,9-10,13-15,18H,3,6,8,11-12,16H2,1-2,4H3. The number of nitrogens with zero attached hydrogens (tertiary/aromatic N) is 3. The van der Waals surface area contributed by atoms with E-state index < -0.39 is 17.6 Å². The Morgan fingerprint density at radius 2 is 1.94 bits per heavy atom. The van der Waals surface area contributed by atoms with Gasteiger partial charge in [0.1, 0.15) is 17.4 Å². The summed E-state index contributed by atoms with van der Waals surface area (Å²) in [5, 5.41) is 0. The summed E-state index contributed by atoms with van der Waals surface area (Å²) in [6.45, 7) is 9.61. The van der Waals surface area contributed by atoms with E-state index in [0.717, 1.165) is 29.7 Å². The zero-order valence-corrected chi connectivity index (χ0v) is 20.5. The molecular formula is C27H29F4N3O2. The predicted molar refractivity (Wildman–Crippen MR) is 130 cm³/mol. The lowest BCUT2D eigenvalue weighted by Gasteiger charge is -2.41. The zero-order valence-electron chi connectivity index (χ0n) is 20.5. The molecule has 0 aromatic heterocycles. The number of hydrogen-bond donors (Lipinski definition) is 0. The molecule has 1 atom stereocenters. The van der Waals surface area contributed by atoms with Gasteiger partial charge in [0.05, 0.1) is 24.8 Å². The van der Waals surface area contributed by atoms with Crippen molar-refractivity contribution in [2.45, 2.75) is 38.9 Å². The number of aryl methyl sites for hydroxylation is 2. The molecule has 0 bridgehead atoms. The van der Waals surface area contributed by atoms with Crippen LogP contribution in [0, 0.1) is 12.7 Å². The van der Waals surface area contributed by atoms with Gasteiger partial charge in [0.25, 0.3) is 0 Å². The molecule has 4 rings (SSSR count). The molecule has 2 aliphatic rings. The Labute approximate surface area is 208 Å². The fourth-order valence-electron chi connectivity index (χ4n) is 4.27. The largest absolute Gasteiger partial charge is 0.454 e. The molecule has 192 valence electrons. The molecule has 0 N–H and O–H groups in total. The second kappa shape index (κ2) is 10.3. The summed E-state index contributed by atoms with van der Waals surface area (Å²) in [6, 6.07) is 8.28. The summed E-state index contributed by atoms with van der Waals surface area (Å²) in [5.74, 6) is 0.784. The maximum atomic E-state index is 14.7. The first kappa shape index (κ1) is 25.8. The SMILES string of the molecule is C=C1N=C(CCc2ccc(Oc3ccc(C)c(C(F)(F)F)c3)c(F)c2)C=C(N2CCOCC2C)N1C. The van der Waals surface area contributed by atoms with Crippen LogP contribution in [0.4, 0.5) is 17.6 Å². The van der Waals surface area contributed by atoms with Gasteiger partial charge in [-0.05, 0) is 62.1 Å². The van der Waals surface area contributed by atoms with Crippen molar-refractivity contribution in [1.82, 2.24) is 9.80 Å². The highest BCUT2D eigenvalue weighted by Gasteiger charge is 2.33. The summed E-state index contributed by atoms with van der Waals surface area (Å²) in [6.07, 6.45) is -1.39. The lowest BCUT2D eigenvalue weighted by atomic mass is 10.1. The second-order valence-electron chi connectivity index (χ2n) is 9.04. The molecule has 9 heteroatoms. The highest BCUT2D eigenvalue weighted by atomic mass is 19.4. The van der Waals surface area contributed by atoms with Gasteiger partial charge in [-0.3, -0.25) is 0 Å². The van der Waals surface area contributed by atoms with Gasteiger partial charge in [-0.15, -0.1) is 0 Å². The van der Waals surface area contributed by atoms with Gasteiger partial charge in [0, 0.05) is 25.4 Å². The van der Waals surface area contributed by atoms with E-state index in [0.29, 0.717) is 31.9 Å². The number of halogens is 4. The van der Waals surface area contributed by atoms with Crippen molar-refractivity contribution < 1.29 is 27.0 Å². The van der Waals surface area contributed by atoms with Gasteiger partial charge in [0.15, 0.2) is 11.6 Å². The van der Waals surface area contributed by atoms with Gasteiger partial charge >= 0.3 is 6.18 Å². The number of alkyl halides is 3. The number of ether oxygens (including phenoxy) is 2. The number of morpholine rings is 1. The molecule has 2 aliphatic heterocycles. The maximum Gasteiger partial charge on any atom is 0.416 e. The van der Waals surface area contributed by atoms with Crippen LogP contribution in [0.25, 0.3) is 0 Å². The molecule has 1 saturated heterocycles. The molecule has 0 aliphatic carbocycles. The average molecular weight is 504 g/mol. The van der Waals surface area contributed by atoms with Crippen LogP contribution in [0.15, 0.2) is 65.7 Å². The molecule has 1 fully saturated rings. The number of allylic oxidation sites excluding steroid dienone is 1. The first-order chi connectivity index (χ1) is 17.0. The van der Waals surface area contributed by atoms with Crippen LogP contribution in [-0.2, 0) is 17.3 Å². The van der Waals surface area contributed by atoms with E-state index in [1.54, 1.807) is 6.07 Å². The van der Waals surface area contributed by atoms with Crippen molar-refractivity contribution in [1.29, 1.82) is 0 Å². The number of benzene rings is 2. The minimum absolute atomic E-state index is 0.0745. The number of aliphatic imine (C=N–C) groups is 1. The Morgan fingerprint density at radius 3 is 2.64 bits per heavy atom. The molecule has 2 heterocycles. The van der Waals surface area contributed by atoms with E-state index >= 15 is 0 Å². The van der Waals surface area contributed by atoms with Gasteiger partial charge in [-0.2, -0.15) is 13.2 Å². The molecule has 0 radical (unpaired) electrons. The van der Waals surface area contributed by atoms with E-state index in [4.69, 9.17) is 9.47 Å². The second-order valence-corrected chi connectivity index (χ2v) is 9.04. The third-order valence-electron chi connectivity index (χ3n) is 6.37. The van der Waals surface area contributed by atoms with E-state index in [9.17, 15) is 17.6 Å². The lowest BCUT2D eigenvalue weighted by molar-refractivity contribution is -0.138. The summed E-state index contributed by atoms with van der Waals surface area (Å²) < 4.78 is 65.2. The third kappa shape index (κ3) is 5.73.